The van der Waals surface area contributed by atoms with Crippen LogP contribution in [0.3, 0.4) is 0 Å². The van der Waals surface area contributed by atoms with E-state index in [4.69, 9.17) is 23.2 Å². The zero-order chi connectivity index (χ0) is 20.4. The van der Waals surface area contributed by atoms with Gasteiger partial charge in [-0.1, -0.05) is 53.6 Å². The Balaban J connectivity index is 1.57. The van der Waals surface area contributed by atoms with Crippen LogP contribution in [-0.4, -0.2) is 9.97 Å². The number of aromatic amines is 2. The summed E-state index contributed by atoms with van der Waals surface area (Å²) in [6, 6.07) is 5.27. The van der Waals surface area contributed by atoms with Gasteiger partial charge in [-0.05, 0) is 67.6 Å². The number of aromatic nitrogens is 2. The second-order valence-corrected chi connectivity index (χ2v) is 8.88. The molecule has 1 unspecified atom stereocenters. The summed E-state index contributed by atoms with van der Waals surface area (Å²) < 4.78 is 0. The quantitative estimate of drug-likeness (QED) is 0.684. The molecule has 0 spiro atoms. The fourth-order valence-electron chi connectivity index (χ4n) is 4.69. The van der Waals surface area contributed by atoms with E-state index in [1.165, 1.54) is 0 Å². The smallest absolute Gasteiger partial charge is 0.311 e. The lowest BCUT2D eigenvalue weighted by Gasteiger charge is -2.33. The highest BCUT2D eigenvalue weighted by Gasteiger charge is 2.29. The third kappa shape index (κ3) is 4.59. The molecule has 2 aliphatic rings. The molecule has 0 bridgehead atoms. The number of rotatable bonds is 4. The highest BCUT2D eigenvalue weighted by atomic mass is 35.5. The van der Waals surface area contributed by atoms with Crippen molar-refractivity contribution in [3.63, 3.8) is 0 Å². The average Bonchev–Trinajstić information content (AvgIpc) is 2.72. The Bertz CT molecular complexity index is 1060. The number of hydrogen-bond acceptors (Lipinski definition) is 2. The largest absolute Gasteiger partial charge is 0.325 e. The van der Waals surface area contributed by atoms with Crippen LogP contribution in [0, 0.1) is 11.8 Å². The summed E-state index contributed by atoms with van der Waals surface area (Å²) in [6.07, 6.45) is 14.4. The molecule has 0 radical (unpaired) electrons. The molecule has 1 atom stereocenters. The van der Waals surface area contributed by atoms with Crippen LogP contribution in [0.4, 0.5) is 0 Å². The molecule has 4 rings (SSSR count). The van der Waals surface area contributed by atoms with Crippen molar-refractivity contribution in [3.8, 4) is 0 Å². The Morgan fingerprint density at radius 2 is 1.79 bits per heavy atom. The number of nitrogens with one attached hydrogen (secondary N) is 2. The molecule has 6 heteroatoms. The maximum atomic E-state index is 12.6. The van der Waals surface area contributed by atoms with E-state index in [1.807, 2.05) is 6.07 Å². The van der Waals surface area contributed by atoms with Crippen molar-refractivity contribution in [1.82, 2.24) is 9.97 Å². The molecule has 0 amide bonds. The molecule has 152 valence electrons. The third-order valence-electron chi connectivity index (χ3n) is 6.26. The Labute approximate surface area is 179 Å². The molecule has 1 saturated carbocycles. The van der Waals surface area contributed by atoms with Crippen LogP contribution in [0.2, 0.25) is 10.0 Å². The lowest BCUT2D eigenvalue weighted by Crippen LogP contribution is -2.31. The predicted octanol–water partition coefficient (Wildman–Crippen LogP) is 5.37. The lowest BCUT2D eigenvalue weighted by atomic mass is 9.72. The van der Waals surface area contributed by atoms with Crippen molar-refractivity contribution in [3.05, 3.63) is 90.2 Å². The van der Waals surface area contributed by atoms with Crippen molar-refractivity contribution in [2.45, 2.75) is 44.4 Å². The molecule has 2 N–H and O–H groups in total. The first-order valence-electron chi connectivity index (χ1n) is 10.1. The summed E-state index contributed by atoms with van der Waals surface area (Å²) in [5, 5.41) is 1.08. The molecule has 0 saturated heterocycles. The Hall–Kier alpha value is -2.04. The zero-order valence-electron chi connectivity index (χ0n) is 16.1. The minimum Gasteiger partial charge on any atom is -0.311 e. The molecule has 1 heterocycles. The van der Waals surface area contributed by atoms with E-state index in [0.29, 0.717) is 33.9 Å². The van der Waals surface area contributed by atoms with Gasteiger partial charge >= 0.3 is 5.69 Å². The van der Waals surface area contributed by atoms with Gasteiger partial charge in [0.25, 0.3) is 5.56 Å². The molecule has 2 aromatic rings. The van der Waals surface area contributed by atoms with E-state index >= 15 is 0 Å². The van der Waals surface area contributed by atoms with Gasteiger partial charge in [-0.2, -0.15) is 0 Å². The minimum absolute atomic E-state index is 0.186. The van der Waals surface area contributed by atoms with Crippen LogP contribution >= 0.6 is 23.2 Å². The standard InChI is InChI=1S/C23H24Cl2N2O2/c24-18-11-10-17(20(25)13-18)12-19-21(26-23(29)27-22(19)28)16-8-6-15(7-9-16)14-4-2-1-3-5-14/h1-4,10-11,13-16H,5-9,12H2,(H2,26,27,28,29)/t14?,15-,16-. The maximum absolute atomic E-state index is 12.6. The van der Waals surface area contributed by atoms with Gasteiger partial charge in [0.1, 0.15) is 0 Å². The van der Waals surface area contributed by atoms with E-state index < -0.39 is 5.69 Å². The summed E-state index contributed by atoms with van der Waals surface area (Å²) in [7, 11) is 0. The first kappa shape index (κ1) is 20.2. The molecule has 1 aromatic carbocycles. The van der Waals surface area contributed by atoms with E-state index in [2.05, 4.69) is 34.3 Å². The molecule has 29 heavy (non-hydrogen) atoms. The first-order chi connectivity index (χ1) is 14.0. The Morgan fingerprint density at radius 1 is 1.00 bits per heavy atom. The monoisotopic (exact) mass is 430 g/mol. The summed E-state index contributed by atoms with van der Waals surface area (Å²) in [5.74, 6) is 1.45. The fourth-order valence-corrected chi connectivity index (χ4v) is 5.17. The van der Waals surface area contributed by atoms with Crippen LogP contribution < -0.4 is 11.2 Å². The summed E-state index contributed by atoms with van der Waals surface area (Å²) >= 11 is 12.3. The summed E-state index contributed by atoms with van der Waals surface area (Å²) in [4.78, 5) is 30.0. The van der Waals surface area contributed by atoms with Crippen LogP contribution in [0.1, 0.15) is 54.8 Å². The van der Waals surface area contributed by atoms with Crippen LogP contribution in [0.5, 0.6) is 0 Å². The van der Waals surface area contributed by atoms with Gasteiger partial charge in [0.05, 0.1) is 0 Å². The number of halogens is 2. The van der Waals surface area contributed by atoms with Crippen molar-refractivity contribution in [2.24, 2.45) is 11.8 Å². The average molecular weight is 431 g/mol. The van der Waals surface area contributed by atoms with E-state index in [-0.39, 0.29) is 11.5 Å². The SMILES string of the molecule is O=c1[nH]c(=O)c(Cc2ccc(Cl)cc2Cl)c([C@H]2CC[C@H](C3C=CC=CC3)CC2)[nH]1. The third-order valence-corrected chi connectivity index (χ3v) is 6.84. The lowest BCUT2D eigenvalue weighted by molar-refractivity contribution is 0.262. The van der Waals surface area contributed by atoms with E-state index in [0.717, 1.165) is 43.4 Å². The molecule has 1 aromatic heterocycles. The van der Waals surface area contributed by atoms with Crippen molar-refractivity contribution in [2.75, 3.05) is 0 Å². The van der Waals surface area contributed by atoms with Crippen LogP contribution in [0.15, 0.2) is 52.1 Å². The second-order valence-electron chi connectivity index (χ2n) is 8.04. The van der Waals surface area contributed by atoms with Crippen molar-refractivity contribution < 1.29 is 0 Å². The second kappa shape index (κ2) is 8.76. The predicted molar refractivity (Wildman–Crippen MR) is 118 cm³/mol. The first-order valence-corrected chi connectivity index (χ1v) is 10.9. The van der Waals surface area contributed by atoms with Crippen LogP contribution in [0.25, 0.3) is 0 Å². The highest BCUT2D eigenvalue weighted by Crippen LogP contribution is 2.40. The zero-order valence-corrected chi connectivity index (χ0v) is 17.6. The van der Waals surface area contributed by atoms with Crippen LogP contribution in [-0.2, 0) is 6.42 Å². The topological polar surface area (TPSA) is 65.7 Å². The van der Waals surface area contributed by atoms with Gasteiger partial charge in [0, 0.05) is 27.7 Å². The molecule has 2 aliphatic carbocycles. The van der Waals surface area contributed by atoms with Gasteiger partial charge in [-0.15, -0.1) is 0 Å². The van der Waals surface area contributed by atoms with Crippen molar-refractivity contribution >= 4 is 23.2 Å². The molecule has 4 nitrogen and oxygen atoms in total. The fraction of sp³-hybridized carbons (Fsp3) is 0.391. The van der Waals surface area contributed by atoms with Gasteiger partial charge in [0.15, 0.2) is 0 Å². The maximum Gasteiger partial charge on any atom is 0.325 e. The van der Waals surface area contributed by atoms with Gasteiger partial charge in [-0.3, -0.25) is 9.78 Å². The van der Waals surface area contributed by atoms with Gasteiger partial charge in [0.2, 0.25) is 0 Å². The molecule has 0 aliphatic heterocycles. The number of hydrogen-bond donors (Lipinski definition) is 2. The van der Waals surface area contributed by atoms with Gasteiger partial charge in [-0.25, -0.2) is 4.79 Å². The molecular weight excluding hydrogens is 407 g/mol. The summed E-state index contributed by atoms with van der Waals surface area (Å²) in [6.45, 7) is 0. The highest BCUT2D eigenvalue weighted by molar-refractivity contribution is 6.35. The molecule has 1 fully saturated rings. The normalized spacial score (nSPS) is 24.0. The van der Waals surface area contributed by atoms with E-state index in [9.17, 15) is 9.59 Å². The number of allylic oxidation sites excluding steroid dienone is 4. The Morgan fingerprint density at radius 3 is 2.48 bits per heavy atom. The minimum atomic E-state index is -0.446. The van der Waals surface area contributed by atoms with Crippen molar-refractivity contribution in [1.29, 1.82) is 0 Å². The number of benzene rings is 1. The van der Waals surface area contributed by atoms with Gasteiger partial charge < -0.3 is 4.98 Å². The molecular formula is C23H24Cl2N2O2. The van der Waals surface area contributed by atoms with E-state index in [1.54, 1.807) is 12.1 Å². The number of H-pyrrole nitrogens is 2. The summed E-state index contributed by atoms with van der Waals surface area (Å²) in [5.41, 5.74) is 1.40. The Kier molecular flexibility index (Phi) is 6.12.